The molecule has 0 aliphatic rings. The van der Waals surface area contributed by atoms with Crippen LogP contribution in [0.5, 0.6) is 5.75 Å². The molecule has 0 aromatic heterocycles. The number of carboxylic acid groups (broad SMARTS) is 1. The van der Waals surface area contributed by atoms with Crippen LogP contribution in [0.15, 0.2) is 57.7 Å². The Balaban J connectivity index is 0.00000264. The molecule has 0 aliphatic carbocycles. The van der Waals surface area contributed by atoms with Crippen LogP contribution in [0.4, 0.5) is 11.4 Å². The molecule has 0 amide bonds. The number of carboxylic acids is 1. The number of aliphatic carboxylic acids is 1. The van der Waals surface area contributed by atoms with Gasteiger partial charge in [-0.15, -0.1) is 0 Å². The molecule has 0 heterocycles. The summed E-state index contributed by atoms with van der Waals surface area (Å²) in [4.78, 5) is 14.0. The molecule has 0 spiro atoms. The van der Waals surface area contributed by atoms with Gasteiger partial charge in [0, 0.05) is 11.8 Å². The quantitative estimate of drug-likeness (QED) is 0.444. The van der Waals surface area contributed by atoms with Crippen LogP contribution in [0.25, 0.3) is 0 Å². The molecule has 0 unspecified atom stereocenters. The van der Waals surface area contributed by atoms with Crippen LogP contribution in [-0.2, 0) is 4.79 Å². The molecule has 0 aliphatic heterocycles. The normalized spacial score (nSPS) is 10.8. The average Bonchev–Trinajstić information content (AvgIpc) is 2.47. The molecule has 2 aromatic carbocycles. The van der Waals surface area contributed by atoms with E-state index in [9.17, 15) is 15.0 Å². The summed E-state index contributed by atoms with van der Waals surface area (Å²) >= 11 is 0. The van der Waals surface area contributed by atoms with Crippen molar-refractivity contribution < 1.29 is 66.4 Å². The Morgan fingerprint density at radius 2 is 1.87 bits per heavy atom. The second-order valence-electron chi connectivity index (χ2n) is 4.62. The van der Waals surface area contributed by atoms with E-state index in [1.54, 1.807) is 12.1 Å². The molecule has 0 radical (unpaired) electrons. The van der Waals surface area contributed by atoms with E-state index in [-0.39, 0.29) is 57.1 Å². The van der Waals surface area contributed by atoms with Crippen molar-refractivity contribution in [2.24, 2.45) is 15.2 Å². The van der Waals surface area contributed by atoms with Gasteiger partial charge in [-0.25, -0.2) is 0 Å². The SMILES string of the molecule is Cc1cccc(N=Nc2ccc(O)c(C=NCC(=O)[O-])c2)c1.[K+]. The van der Waals surface area contributed by atoms with Crippen LogP contribution >= 0.6 is 0 Å². The number of azo groups is 1. The fourth-order valence-corrected chi connectivity index (χ4v) is 1.73. The minimum absolute atomic E-state index is 0. The molecule has 0 fully saturated rings. The number of aliphatic imine (C=N–C) groups is 1. The summed E-state index contributed by atoms with van der Waals surface area (Å²) in [5.74, 6) is -1.30. The molecule has 112 valence electrons. The van der Waals surface area contributed by atoms with E-state index < -0.39 is 12.5 Å². The van der Waals surface area contributed by atoms with Crippen LogP contribution in [0.2, 0.25) is 0 Å². The number of phenols is 1. The Labute approximate surface area is 176 Å². The van der Waals surface area contributed by atoms with Gasteiger partial charge < -0.3 is 15.0 Å². The van der Waals surface area contributed by atoms with Gasteiger partial charge in [-0.1, -0.05) is 12.1 Å². The number of hydrogen-bond donors (Lipinski definition) is 1. The van der Waals surface area contributed by atoms with E-state index in [4.69, 9.17) is 0 Å². The maximum Gasteiger partial charge on any atom is 1.00 e. The summed E-state index contributed by atoms with van der Waals surface area (Å²) in [5.41, 5.74) is 2.69. The van der Waals surface area contributed by atoms with E-state index in [0.29, 0.717) is 11.3 Å². The van der Waals surface area contributed by atoms with Gasteiger partial charge in [0.25, 0.3) is 0 Å². The van der Waals surface area contributed by atoms with Crippen LogP contribution in [-0.4, -0.2) is 23.8 Å². The first-order valence-corrected chi connectivity index (χ1v) is 6.56. The Bertz CT molecular complexity index is 745. The van der Waals surface area contributed by atoms with Gasteiger partial charge in [0.15, 0.2) is 0 Å². The van der Waals surface area contributed by atoms with Gasteiger partial charge >= 0.3 is 51.4 Å². The smallest absolute Gasteiger partial charge is 0.548 e. The fraction of sp³-hybridized carbons (Fsp3) is 0.125. The molecule has 0 saturated carbocycles. The Morgan fingerprint density at radius 1 is 1.17 bits per heavy atom. The molecule has 0 bridgehead atoms. The first-order valence-electron chi connectivity index (χ1n) is 6.56. The third-order valence-corrected chi connectivity index (χ3v) is 2.74. The van der Waals surface area contributed by atoms with E-state index in [2.05, 4.69) is 15.2 Å². The number of carbonyl (C=O) groups excluding carboxylic acids is 1. The second-order valence-corrected chi connectivity index (χ2v) is 4.62. The summed E-state index contributed by atoms with van der Waals surface area (Å²) in [6.07, 6.45) is 1.26. The Morgan fingerprint density at radius 3 is 2.52 bits per heavy atom. The number of rotatable bonds is 5. The van der Waals surface area contributed by atoms with Crippen molar-refractivity contribution in [2.75, 3.05) is 6.54 Å². The summed E-state index contributed by atoms with van der Waals surface area (Å²) in [6.45, 7) is 1.50. The fourth-order valence-electron chi connectivity index (χ4n) is 1.73. The number of aromatic hydroxyl groups is 1. The van der Waals surface area contributed by atoms with Gasteiger partial charge in [0.2, 0.25) is 0 Å². The van der Waals surface area contributed by atoms with Crippen molar-refractivity contribution in [3.63, 3.8) is 0 Å². The maximum absolute atomic E-state index is 10.3. The number of carbonyl (C=O) groups is 1. The molecule has 0 saturated heterocycles. The molecule has 6 nitrogen and oxygen atoms in total. The van der Waals surface area contributed by atoms with Crippen LogP contribution in [0, 0.1) is 6.92 Å². The van der Waals surface area contributed by atoms with Crippen molar-refractivity contribution in [3.8, 4) is 5.75 Å². The second kappa shape index (κ2) is 9.69. The molecule has 7 heteroatoms. The number of hydrogen-bond acceptors (Lipinski definition) is 6. The van der Waals surface area contributed by atoms with E-state index in [1.807, 2.05) is 31.2 Å². The summed E-state index contributed by atoms with van der Waals surface area (Å²) in [7, 11) is 0. The van der Waals surface area contributed by atoms with E-state index in [0.717, 1.165) is 11.3 Å². The minimum atomic E-state index is -1.29. The number of phenolic OH excluding ortho intramolecular Hbond substituents is 1. The number of aryl methyl sites for hydroxylation is 1. The Kier molecular flexibility index (Phi) is 8.28. The number of benzene rings is 2. The third kappa shape index (κ3) is 6.72. The molecule has 2 aromatic rings. The van der Waals surface area contributed by atoms with Crippen LogP contribution < -0.4 is 56.5 Å². The van der Waals surface area contributed by atoms with Crippen LogP contribution in [0.3, 0.4) is 0 Å². The zero-order valence-electron chi connectivity index (χ0n) is 12.9. The van der Waals surface area contributed by atoms with Crippen molar-refractivity contribution in [1.29, 1.82) is 0 Å². The molecule has 2 rings (SSSR count). The van der Waals surface area contributed by atoms with Gasteiger partial charge in [-0.2, -0.15) is 10.2 Å². The monoisotopic (exact) mass is 335 g/mol. The van der Waals surface area contributed by atoms with E-state index >= 15 is 0 Å². The average molecular weight is 335 g/mol. The van der Waals surface area contributed by atoms with Crippen LogP contribution in [0.1, 0.15) is 11.1 Å². The standard InChI is InChI=1S/C16H15N3O3.K/c1-11-3-2-4-13(7-11)18-19-14-5-6-15(20)12(8-14)9-17-10-16(21)22;/h2-9,20H,10H2,1H3,(H,21,22);/q;+1/p-1. The maximum atomic E-state index is 10.3. The first-order chi connectivity index (χ1) is 10.5. The molecule has 0 atom stereocenters. The predicted molar refractivity (Wildman–Crippen MR) is 80.9 cm³/mol. The molecule has 1 N–H and O–H groups in total. The first kappa shape index (κ1) is 19.7. The minimum Gasteiger partial charge on any atom is -0.548 e. The summed E-state index contributed by atoms with van der Waals surface area (Å²) < 4.78 is 0. The largest absolute Gasteiger partial charge is 1.00 e. The molecule has 23 heavy (non-hydrogen) atoms. The van der Waals surface area contributed by atoms with Gasteiger partial charge in [0.1, 0.15) is 5.75 Å². The molecular weight excluding hydrogens is 321 g/mol. The van der Waals surface area contributed by atoms with Crippen molar-refractivity contribution >= 4 is 23.6 Å². The zero-order chi connectivity index (χ0) is 15.9. The van der Waals surface area contributed by atoms with Gasteiger partial charge in [0.05, 0.1) is 23.9 Å². The molecular formula is C16H14KN3O3. The predicted octanol–water partition coefficient (Wildman–Crippen LogP) is -0.711. The zero-order valence-corrected chi connectivity index (χ0v) is 16.1. The summed E-state index contributed by atoms with van der Waals surface area (Å²) in [6, 6.07) is 12.2. The summed E-state index contributed by atoms with van der Waals surface area (Å²) in [5, 5.41) is 28.2. The van der Waals surface area contributed by atoms with E-state index in [1.165, 1.54) is 12.3 Å². The van der Waals surface area contributed by atoms with Gasteiger partial charge in [-0.05, 0) is 42.8 Å². The van der Waals surface area contributed by atoms with Gasteiger partial charge in [-0.3, -0.25) is 4.99 Å². The number of nitrogens with zero attached hydrogens (tertiary/aromatic N) is 3. The van der Waals surface area contributed by atoms with Crippen molar-refractivity contribution in [2.45, 2.75) is 6.92 Å². The third-order valence-electron chi connectivity index (χ3n) is 2.74. The topological polar surface area (TPSA) is 97.4 Å². The Hall–Kier alpha value is -1.38. The van der Waals surface area contributed by atoms with Crippen molar-refractivity contribution in [1.82, 2.24) is 0 Å². The van der Waals surface area contributed by atoms with Crippen molar-refractivity contribution in [3.05, 3.63) is 53.6 Å².